The third kappa shape index (κ3) is 4.85. The van der Waals surface area contributed by atoms with Crippen LogP contribution in [-0.4, -0.2) is 75.6 Å². The predicted molar refractivity (Wildman–Crippen MR) is 95.2 cm³/mol. The summed E-state index contributed by atoms with van der Waals surface area (Å²) in [6.07, 6.45) is 1.37. The van der Waals surface area contributed by atoms with Crippen molar-refractivity contribution in [2.75, 3.05) is 54.0 Å². The highest BCUT2D eigenvalue weighted by molar-refractivity contribution is 5.97. The molecule has 0 unspecified atom stereocenters. The fourth-order valence-electron chi connectivity index (χ4n) is 2.88. The first-order valence-electron chi connectivity index (χ1n) is 8.54. The van der Waals surface area contributed by atoms with Gasteiger partial charge in [-0.1, -0.05) is 0 Å². The Morgan fingerprint density at radius 1 is 1.08 bits per heavy atom. The second-order valence-electron chi connectivity index (χ2n) is 5.95. The largest absolute Gasteiger partial charge is 0.497 e. The normalized spacial score (nSPS) is 14.4. The first-order valence-corrected chi connectivity index (χ1v) is 8.54. The lowest BCUT2D eigenvalue weighted by Crippen LogP contribution is -2.50. The van der Waals surface area contributed by atoms with Crippen LogP contribution in [0.15, 0.2) is 18.2 Å². The number of piperazine rings is 1. The van der Waals surface area contributed by atoms with Crippen molar-refractivity contribution in [3.8, 4) is 11.5 Å². The van der Waals surface area contributed by atoms with Crippen LogP contribution in [0.3, 0.4) is 0 Å². The van der Waals surface area contributed by atoms with Crippen molar-refractivity contribution in [2.45, 2.75) is 12.8 Å². The van der Waals surface area contributed by atoms with Gasteiger partial charge in [-0.25, -0.2) is 0 Å². The Bertz CT molecular complexity index is 598. The number of nitrogens with one attached hydrogen (secondary N) is 1. The molecule has 1 heterocycles. The number of hydrogen-bond donors (Lipinski definition) is 1. The summed E-state index contributed by atoms with van der Waals surface area (Å²) in [5.41, 5.74) is 0.511. The molecule has 1 saturated heterocycles. The number of carbonyl (C=O) groups is 2. The van der Waals surface area contributed by atoms with Gasteiger partial charge in [0.25, 0.3) is 5.91 Å². The van der Waals surface area contributed by atoms with Crippen LogP contribution in [0.25, 0.3) is 0 Å². The van der Waals surface area contributed by atoms with E-state index < -0.39 is 0 Å². The molecule has 2 rings (SSSR count). The lowest BCUT2D eigenvalue weighted by Gasteiger charge is -2.35. The molecule has 0 radical (unpaired) electrons. The number of ether oxygens (including phenoxy) is 2. The van der Waals surface area contributed by atoms with E-state index in [1.165, 1.54) is 7.11 Å². The van der Waals surface area contributed by atoms with E-state index in [-0.39, 0.29) is 11.8 Å². The van der Waals surface area contributed by atoms with Crippen molar-refractivity contribution < 1.29 is 19.1 Å². The number of amides is 2. The maximum absolute atomic E-state index is 12.8. The molecule has 1 aliphatic heterocycles. The molecule has 1 aromatic rings. The molecule has 2 amide bonds. The van der Waals surface area contributed by atoms with E-state index in [1.54, 1.807) is 30.2 Å². The van der Waals surface area contributed by atoms with Crippen LogP contribution in [-0.2, 0) is 4.79 Å². The van der Waals surface area contributed by atoms with E-state index in [4.69, 9.17) is 9.47 Å². The standard InChI is InChI=1S/C18H27N3O4/c1-19-8-4-5-17(22)20-9-11-21(12-10-20)18(23)15-7-6-14(24-2)13-16(15)25-3/h6-7,13,19H,4-5,8-12H2,1-3H3. The molecule has 138 valence electrons. The zero-order chi connectivity index (χ0) is 18.2. The van der Waals surface area contributed by atoms with Crippen molar-refractivity contribution in [3.05, 3.63) is 23.8 Å². The lowest BCUT2D eigenvalue weighted by atomic mass is 10.1. The molecule has 1 aromatic carbocycles. The van der Waals surface area contributed by atoms with Gasteiger partial charge >= 0.3 is 0 Å². The van der Waals surface area contributed by atoms with Crippen molar-refractivity contribution in [3.63, 3.8) is 0 Å². The van der Waals surface area contributed by atoms with E-state index in [0.29, 0.717) is 49.7 Å². The van der Waals surface area contributed by atoms with Crippen LogP contribution in [0, 0.1) is 0 Å². The van der Waals surface area contributed by atoms with Crippen molar-refractivity contribution in [1.82, 2.24) is 15.1 Å². The fraction of sp³-hybridized carbons (Fsp3) is 0.556. The number of methoxy groups -OCH3 is 2. The summed E-state index contributed by atoms with van der Waals surface area (Å²) in [6.45, 7) is 3.05. The Morgan fingerprint density at radius 3 is 2.36 bits per heavy atom. The molecule has 0 aromatic heterocycles. The quantitative estimate of drug-likeness (QED) is 0.744. The summed E-state index contributed by atoms with van der Waals surface area (Å²) in [5.74, 6) is 1.21. The molecule has 25 heavy (non-hydrogen) atoms. The summed E-state index contributed by atoms with van der Waals surface area (Å²) in [6, 6.07) is 5.17. The monoisotopic (exact) mass is 349 g/mol. The maximum atomic E-state index is 12.8. The van der Waals surface area contributed by atoms with Gasteiger partial charge < -0.3 is 24.6 Å². The molecule has 7 heteroatoms. The van der Waals surface area contributed by atoms with Crippen LogP contribution in [0.1, 0.15) is 23.2 Å². The van der Waals surface area contributed by atoms with Crippen molar-refractivity contribution in [1.29, 1.82) is 0 Å². The highest BCUT2D eigenvalue weighted by Gasteiger charge is 2.26. The topological polar surface area (TPSA) is 71.1 Å². The SMILES string of the molecule is CNCCCC(=O)N1CCN(C(=O)c2ccc(OC)cc2OC)CC1. The Balaban J connectivity index is 1.94. The average molecular weight is 349 g/mol. The van der Waals surface area contributed by atoms with E-state index in [1.807, 2.05) is 11.9 Å². The van der Waals surface area contributed by atoms with Crippen LogP contribution >= 0.6 is 0 Å². The summed E-state index contributed by atoms with van der Waals surface area (Å²) >= 11 is 0. The van der Waals surface area contributed by atoms with Crippen LogP contribution in [0.5, 0.6) is 11.5 Å². The smallest absolute Gasteiger partial charge is 0.257 e. The van der Waals surface area contributed by atoms with Crippen LogP contribution < -0.4 is 14.8 Å². The fourth-order valence-corrected chi connectivity index (χ4v) is 2.88. The molecule has 1 N–H and O–H groups in total. The zero-order valence-corrected chi connectivity index (χ0v) is 15.2. The predicted octanol–water partition coefficient (Wildman–Crippen LogP) is 0.988. The minimum absolute atomic E-state index is 0.0817. The molecule has 0 saturated carbocycles. The Kier molecular flexibility index (Phi) is 7.06. The summed E-state index contributed by atoms with van der Waals surface area (Å²) in [4.78, 5) is 28.5. The number of carbonyl (C=O) groups excluding carboxylic acids is 2. The summed E-state index contributed by atoms with van der Waals surface area (Å²) in [5, 5.41) is 3.04. The van der Waals surface area contributed by atoms with E-state index in [2.05, 4.69) is 5.32 Å². The van der Waals surface area contributed by atoms with Crippen molar-refractivity contribution >= 4 is 11.8 Å². The first-order chi connectivity index (χ1) is 12.1. The third-order valence-electron chi connectivity index (χ3n) is 4.38. The van der Waals surface area contributed by atoms with Gasteiger partial charge in [-0.05, 0) is 32.1 Å². The van der Waals surface area contributed by atoms with Crippen LogP contribution in [0.2, 0.25) is 0 Å². The molecular formula is C18H27N3O4. The van der Waals surface area contributed by atoms with E-state index in [9.17, 15) is 9.59 Å². The van der Waals surface area contributed by atoms with Crippen molar-refractivity contribution in [2.24, 2.45) is 0 Å². The second kappa shape index (κ2) is 9.27. The minimum atomic E-state index is -0.0817. The lowest BCUT2D eigenvalue weighted by molar-refractivity contribution is -0.132. The molecule has 0 aliphatic carbocycles. The van der Waals surface area contributed by atoms with Gasteiger partial charge in [-0.3, -0.25) is 9.59 Å². The van der Waals surface area contributed by atoms with E-state index in [0.717, 1.165) is 13.0 Å². The molecular weight excluding hydrogens is 322 g/mol. The number of nitrogens with zero attached hydrogens (tertiary/aromatic N) is 2. The number of rotatable bonds is 7. The molecule has 0 bridgehead atoms. The Labute approximate surface area is 148 Å². The first kappa shape index (κ1) is 19.1. The maximum Gasteiger partial charge on any atom is 0.257 e. The third-order valence-corrected chi connectivity index (χ3v) is 4.38. The second-order valence-corrected chi connectivity index (χ2v) is 5.95. The van der Waals surface area contributed by atoms with Gasteiger partial charge in [0.1, 0.15) is 11.5 Å². The van der Waals surface area contributed by atoms with Gasteiger partial charge in [0.15, 0.2) is 0 Å². The van der Waals surface area contributed by atoms with E-state index >= 15 is 0 Å². The highest BCUT2D eigenvalue weighted by atomic mass is 16.5. The summed E-state index contributed by atoms with van der Waals surface area (Å²) in [7, 11) is 4.98. The number of hydrogen-bond acceptors (Lipinski definition) is 5. The summed E-state index contributed by atoms with van der Waals surface area (Å²) < 4.78 is 10.5. The molecule has 1 aliphatic rings. The van der Waals surface area contributed by atoms with Gasteiger partial charge in [-0.15, -0.1) is 0 Å². The molecule has 0 atom stereocenters. The number of benzene rings is 1. The van der Waals surface area contributed by atoms with Gasteiger partial charge in [0.05, 0.1) is 19.8 Å². The van der Waals surface area contributed by atoms with Gasteiger partial charge in [0.2, 0.25) is 5.91 Å². The highest BCUT2D eigenvalue weighted by Crippen LogP contribution is 2.26. The minimum Gasteiger partial charge on any atom is -0.497 e. The Hall–Kier alpha value is -2.28. The van der Waals surface area contributed by atoms with Crippen LogP contribution in [0.4, 0.5) is 0 Å². The zero-order valence-electron chi connectivity index (χ0n) is 15.2. The Morgan fingerprint density at radius 2 is 1.76 bits per heavy atom. The molecule has 0 spiro atoms. The molecule has 7 nitrogen and oxygen atoms in total. The van der Waals surface area contributed by atoms with Gasteiger partial charge in [0, 0.05) is 38.7 Å². The van der Waals surface area contributed by atoms with Gasteiger partial charge in [-0.2, -0.15) is 0 Å². The molecule has 1 fully saturated rings. The average Bonchev–Trinajstić information content (AvgIpc) is 2.67.